The highest BCUT2D eigenvalue weighted by Crippen LogP contribution is 2.20. The highest BCUT2D eigenvalue weighted by Gasteiger charge is 2.14. The van der Waals surface area contributed by atoms with Gasteiger partial charge in [-0.2, -0.15) is 0 Å². The van der Waals surface area contributed by atoms with E-state index in [-0.39, 0.29) is 12.1 Å². The minimum absolute atomic E-state index is 0.0519. The van der Waals surface area contributed by atoms with Crippen LogP contribution in [0.3, 0.4) is 0 Å². The van der Waals surface area contributed by atoms with E-state index in [9.17, 15) is 14.9 Å². The summed E-state index contributed by atoms with van der Waals surface area (Å²) in [7, 11) is 0. The lowest BCUT2D eigenvalue weighted by Crippen LogP contribution is -2.26. The van der Waals surface area contributed by atoms with Crippen molar-refractivity contribution in [1.82, 2.24) is 4.90 Å². The van der Waals surface area contributed by atoms with Crippen LogP contribution < -0.4 is 0 Å². The molecule has 0 aliphatic carbocycles. The number of nitrogens with zero attached hydrogens (tertiary/aromatic N) is 2. The van der Waals surface area contributed by atoms with Gasteiger partial charge in [-0.1, -0.05) is 29.8 Å². The molecule has 2 aromatic carbocycles. The molecule has 0 fully saturated rings. The normalized spacial score (nSPS) is 10.9. The number of non-ortho nitro benzene ring substituents is 1. The van der Waals surface area contributed by atoms with Gasteiger partial charge in [-0.25, -0.2) is 0 Å². The molecule has 0 saturated heterocycles. The Morgan fingerprint density at radius 2 is 1.65 bits per heavy atom. The van der Waals surface area contributed by atoms with Gasteiger partial charge >= 0.3 is 5.97 Å². The highest BCUT2D eigenvalue weighted by atomic mass is 16.6. The van der Waals surface area contributed by atoms with Crippen LogP contribution in [-0.4, -0.2) is 27.4 Å². The number of nitro benzene ring substituents is 1. The number of hydrogen-bond acceptors (Lipinski definition) is 4. The van der Waals surface area contributed by atoms with E-state index in [2.05, 4.69) is 37.8 Å². The lowest BCUT2D eigenvalue weighted by atomic mass is 9.99. The summed E-state index contributed by atoms with van der Waals surface area (Å²) in [6.45, 7) is 7.79. The van der Waals surface area contributed by atoms with Crippen molar-refractivity contribution in [3.05, 3.63) is 74.3 Å². The monoisotopic (exact) mass is 356 g/mol. The lowest BCUT2D eigenvalue weighted by Gasteiger charge is -2.24. The Kier molecular flexibility index (Phi) is 6.46. The van der Waals surface area contributed by atoms with E-state index in [4.69, 9.17) is 5.11 Å². The number of benzene rings is 2. The van der Waals surface area contributed by atoms with Gasteiger partial charge in [-0.15, -0.1) is 0 Å². The van der Waals surface area contributed by atoms with E-state index in [0.717, 1.165) is 5.56 Å². The first-order chi connectivity index (χ1) is 12.3. The molecule has 0 aromatic heterocycles. The smallest absolute Gasteiger partial charge is 0.304 e. The minimum Gasteiger partial charge on any atom is -0.481 e. The third-order valence-electron chi connectivity index (χ3n) is 4.42. The highest BCUT2D eigenvalue weighted by molar-refractivity contribution is 5.66. The maximum atomic E-state index is 11.0. The maximum Gasteiger partial charge on any atom is 0.304 e. The Morgan fingerprint density at radius 1 is 1.08 bits per heavy atom. The Labute approximate surface area is 153 Å². The van der Waals surface area contributed by atoms with E-state index in [0.29, 0.717) is 19.6 Å². The maximum absolute atomic E-state index is 11.0. The van der Waals surface area contributed by atoms with Crippen LogP contribution in [0.5, 0.6) is 0 Å². The topological polar surface area (TPSA) is 83.7 Å². The van der Waals surface area contributed by atoms with Crippen molar-refractivity contribution < 1.29 is 14.8 Å². The summed E-state index contributed by atoms with van der Waals surface area (Å²) < 4.78 is 0. The largest absolute Gasteiger partial charge is 0.481 e. The van der Waals surface area contributed by atoms with Gasteiger partial charge in [0.15, 0.2) is 0 Å². The molecule has 2 rings (SSSR count). The molecule has 1 N–H and O–H groups in total. The van der Waals surface area contributed by atoms with Crippen LogP contribution in [-0.2, 0) is 17.9 Å². The van der Waals surface area contributed by atoms with Gasteiger partial charge in [0.25, 0.3) is 5.69 Å². The first kappa shape index (κ1) is 19.6. The number of hydrogen-bond donors (Lipinski definition) is 1. The summed E-state index contributed by atoms with van der Waals surface area (Å²) in [5.74, 6) is -0.837. The third-order valence-corrected chi connectivity index (χ3v) is 4.42. The lowest BCUT2D eigenvalue weighted by molar-refractivity contribution is -0.384. The fourth-order valence-corrected chi connectivity index (χ4v) is 3.13. The molecule has 0 aliphatic rings. The van der Waals surface area contributed by atoms with E-state index in [1.165, 1.54) is 34.4 Å². The number of nitro groups is 1. The Balaban J connectivity index is 2.20. The van der Waals surface area contributed by atoms with Crippen LogP contribution in [0.15, 0.2) is 36.4 Å². The Morgan fingerprint density at radius 3 is 2.15 bits per heavy atom. The van der Waals surface area contributed by atoms with Gasteiger partial charge in [0, 0.05) is 31.8 Å². The van der Waals surface area contributed by atoms with Crippen molar-refractivity contribution in [2.45, 2.75) is 40.3 Å². The van der Waals surface area contributed by atoms with E-state index < -0.39 is 10.9 Å². The second-order valence-corrected chi connectivity index (χ2v) is 6.66. The predicted molar refractivity (Wildman–Crippen MR) is 100 cm³/mol. The van der Waals surface area contributed by atoms with Crippen LogP contribution in [0, 0.1) is 30.9 Å². The predicted octanol–water partition coefficient (Wildman–Crippen LogP) is 4.00. The molecular formula is C20H24N2O4. The molecule has 6 nitrogen and oxygen atoms in total. The number of aliphatic carboxylic acids is 1. The summed E-state index contributed by atoms with van der Waals surface area (Å²) in [6, 6.07) is 10.7. The third kappa shape index (κ3) is 5.39. The van der Waals surface area contributed by atoms with Crippen molar-refractivity contribution in [3.8, 4) is 0 Å². The zero-order valence-corrected chi connectivity index (χ0v) is 15.4. The van der Waals surface area contributed by atoms with Crippen molar-refractivity contribution in [1.29, 1.82) is 0 Å². The quantitative estimate of drug-likeness (QED) is 0.571. The average molecular weight is 356 g/mol. The van der Waals surface area contributed by atoms with Crippen molar-refractivity contribution in [2.75, 3.05) is 6.54 Å². The van der Waals surface area contributed by atoms with Gasteiger partial charge in [-0.05, 0) is 43.0 Å². The minimum atomic E-state index is -0.837. The van der Waals surface area contributed by atoms with Gasteiger partial charge < -0.3 is 5.11 Å². The second-order valence-electron chi connectivity index (χ2n) is 6.66. The van der Waals surface area contributed by atoms with Gasteiger partial charge in [0.1, 0.15) is 0 Å². The van der Waals surface area contributed by atoms with Crippen molar-refractivity contribution >= 4 is 11.7 Å². The van der Waals surface area contributed by atoms with Gasteiger partial charge in [-0.3, -0.25) is 19.8 Å². The standard InChI is InChI=1S/C20H24N2O4/c1-14-10-15(2)19(16(3)11-14)13-21(9-8-20(23)24)12-17-4-6-18(7-5-17)22(25)26/h4-7,10-11H,8-9,12-13H2,1-3H3,(H,23,24). The number of rotatable bonds is 8. The average Bonchev–Trinajstić information content (AvgIpc) is 2.56. The molecule has 0 bridgehead atoms. The molecule has 0 radical (unpaired) electrons. The van der Waals surface area contributed by atoms with Gasteiger partial charge in [0.2, 0.25) is 0 Å². The first-order valence-electron chi connectivity index (χ1n) is 8.50. The zero-order chi connectivity index (χ0) is 19.3. The first-order valence-corrected chi connectivity index (χ1v) is 8.50. The van der Waals surface area contributed by atoms with Crippen LogP contribution in [0.4, 0.5) is 5.69 Å². The molecule has 0 aliphatic heterocycles. The molecule has 0 spiro atoms. The van der Waals surface area contributed by atoms with Crippen LogP contribution in [0.2, 0.25) is 0 Å². The fourth-order valence-electron chi connectivity index (χ4n) is 3.13. The molecule has 0 saturated carbocycles. The van der Waals surface area contributed by atoms with Crippen LogP contribution in [0.1, 0.15) is 34.2 Å². The molecular weight excluding hydrogens is 332 g/mol. The number of carboxylic acid groups (broad SMARTS) is 1. The Hall–Kier alpha value is -2.73. The zero-order valence-electron chi connectivity index (χ0n) is 15.4. The SMILES string of the molecule is Cc1cc(C)c(CN(CCC(=O)O)Cc2ccc([N+](=O)[O-])cc2)c(C)c1. The molecule has 0 atom stereocenters. The molecule has 26 heavy (non-hydrogen) atoms. The van der Waals surface area contributed by atoms with Crippen molar-refractivity contribution in [2.24, 2.45) is 0 Å². The molecule has 0 unspecified atom stereocenters. The molecule has 2 aromatic rings. The second kappa shape index (κ2) is 8.58. The summed E-state index contributed by atoms with van der Waals surface area (Å²) in [4.78, 5) is 23.4. The molecule has 6 heteroatoms. The van der Waals surface area contributed by atoms with Crippen LogP contribution >= 0.6 is 0 Å². The van der Waals surface area contributed by atoms with Crippen LogP contribution in [0.25, 0.3) is 0 Å². The summed E-state index contributed by atoms with van der Waals surface area (Å²) in [5.41, 5.74) is 5.75. The number of carbonyl (C=O) groups is 1. The summed E-state index contributed by atoms with van der Waals surface area (Å²) >= 11 is 0. The van der Waals surface area contributed by atoms with Gasteiger partial charge in [0.05, 0.1) is 11.3 Å². The summed E-state index contributed by atoms with van der Waals surface area (Å²) in [5, 5.41) is 19.8. The van der Waals surface area contributed by atoms with E-state index >= 15 is 0 Å². The number of carboxylic acids is 1. The fraction of sp³-hybridized carbons (Fsp3) is 0.350. The van der Waals surface area contributed by atoms with E-state index in [1.54, 1.807) is 12.1 Å². The molecule has 0 heterocycles. The number of aryl methyl sites for hydroxylation is 3. The van der Waals surface area contributed by atoms with Crippen molar-refractivity contribution in [3.63, 3.8) is 0 Å². The molecule has 0 amide bonds. The molecule has 138 valence electrons. The Bertz CT molecular complexity index is 777. The van der Waals surface area contributed by atoms with E-state index in [1.807, 2.05) is 0 Å². The summed E-state index contributed by atoms with van der Waals surface area (Å²) in [6.07, 6.45) is 0.0525.